The summed E-state index contributed by atoms with van der Waals surface area (Å²) < 4.78 is 15.6. The van der Waals surface area contributed by atoms with E-state index in [1.165, 1.54) is 11.6 Å². The van der Waals surface area contributed by atoms with E-state index in [4.69, 9.17) is 0 Å². The van der Waals surface area contributed by atoms with Crippen LogP contribution in [0.1, 0.15) is 30.7 Å². The van der Waals surface area contributed by atoms with Gasteiger partial charge in [-0.2, -0.15) is 5.10 Å². The molecule has 1 aromatic carbocycles. The first-order chi connectivity index (χ1) is 9.95. The van der Waals surface area contributed by atoms with Crippen LogP contribution in [-0.2, 0) is 13.1 Å². The lowest BCUT2D eigenvalue weighted by atomic mass is 10.2. The van der Waals surface area contributed by atoms with E-state index < -0.39 is 0 Å². The third-order valence-electron chi connectivity index (χ3n) is 3.24. The van der Waals surface area contributed by atoms with Crippen molar-refractivity contribution in [3.8, 4) is 0 Å². The molecule has 1 aromatic heterocycles. The molecule has 1 N–H and O–H groups in total. The molecular formula is C16H21BrFN3. The van der Waals surface area contributed by atoms with Crippen LogP contribution < -0.4 is 5.32 Å². The fourth-order valence-corrected chi connectivity index (χ4v) is 2.56. The average Bonchev–Trinajstić information content (AvgIpc) is 2.74. The Hall–Kier alpha value is -1.20. The minimum atomic E-state index is -0.242. The van der Waals surface area contributed by atoms with Crippen molar-refractivity contribution in [1.82, 2.24) is 15.1 Å². The second-order valence-corrected chi connectivity index (χ2v) is 6.56. The molecule has 0 aliphatic heterocycles. The van der Waals surface area contributed by atoms with Gasteiger partial charge in [-0.05, 0) is 53.0 Å². The van der Waals surface area contributed by atoms with Gasteiger partial charge in [0.25, 0.3) is 0 Å². The molecule has 114 valence electrons. The van der Waals surface area contributed by atoms with E-state index in [0.717, 1.165) is 24.3 Å². The zero-order valence-electron chi connectivity index (χ0n) is 12.7. The van der Waals surface area contributed by atoms with Crippen LogP contribution in [0.5, 0.6) is 0 Å². The Morgan fingerprint density at radius 1 is 1.38 bits per heavy atom. The largest absolute Gasteiger partial charge is 0.312 e. The summed E-state index contributed by atoms with van der Waals surface area (Å²) in [6.45, 7) is 8.87. The van der Waals surface area contributed by atoms with E-state index in [1.54, 1.807) is 12.1 Å². The van der Waals surface area contributed by atoms with Crippen LogP contribution in [0, 0.1) is 18.7 Å². The highest BCUT2D eigenvalue weighted by Crippen LogP contribution is 2.18. The maximum Gasteiger partial charge on any atom is 0.137 e. The fraction of sp³-hybridized carbons (Fsp3) is 0.438. The number of hydrogen-bond donors (Lipinski definition) is 1. The van der Waals surface area contributed by atoms with Gasteiger partial charge in [-0.3, -0.25) is 4.68 Å². The summed E-state index contributed by atoms with van der Waals surface area (Å²) in [7, 11) is 0. The van der Waals surface area contributed by atoms with Crippen molar-refractivity contribution in [3.05, 3.63) is 51.5 Å². The fourth-order valence-electron chi connectivity index (χ4n) is 2.13. The predicted octanol–water partition coefficient (Wildman–Crippen LogP) is 3.89. The summed E-state index contributed by atoms with van der Waals surface area (Å²) in [4.78, 5) is 0. The molecule has 2 aromatic rings. The van der Waals surface area contributed by atoms with Gasteiger partial charge in [0, 0.05) is 18.3 Å². The first-order valence-corrected chi connectivity index (χ1v) is 7.92. The van der Waals surface area contributed by atoms with Gasteiger partial charge in [0.2, 0.25) is 0 Å². The molecule has 0 amide bonds. The molecular weight excluding hydrogens is 333 g/mol. The standard InChI is InChI=1S/C16H21BrFN3/c1-11(2)7-19-8-14-10-21(20-12(14)3)9-13-4-5-16(18)15(17)6-13/h4-6,10-11,19H,7-9H2,1-3H3. The molecule has 0 spiro atoms. The summed E-state index contributed by atoms with van der Waals surface area (Å²) in [5.41, 5.74) is 3.26. The van der Waals surface area contributed by atoms with E-state index in [-0.39, 0.29) is 5.82 Å². The number of aromatic nitrogens is 2. The maximum absolute atomic E-state index is 13.2. The molecule has 0 saturated heterocycles. The van der Waals surface area contributed by atoms with Crippen LogP contribution in [0.4, 0.5) is 4.39 Å². The Kier molecular flexibility index (Phi) is 5.53. The summed E-state index contributed by atoms with van der Waals surface area (Å²) in [6.07, 6.45) is 2.06. The third-order valence-corrected chi connectivity index (χ3v) is 3.85. The van der Waals surface area contributed by atoms with Crippen LogP contribution >= 0.6 is 15.9 Å². The minimum absolute atomic E-state index is 0.242. The van der Waals surface area contributed by atoms with E-state index in [1.807, 2.05) is 11.6 Å². The van der Waals surface area contributed by atoms with Gasteiger partial charge in [-0.15, -0.1) is 0 Å². The van der Waals surface area contributed by atoms with Crippen molar-refractivity contribution in [2.24, 2.45) is 5.92 Å². The molecule has 2 rings (SSSR count). The predicted molar refractivity (Wildman–Crippen MR) is 86.7 cm³/mol. The number of nitrogens with zero attached hydrogens (tertiary/aromatic N) is 2. The average molecular weight is 354 g/mol. The van der Waals surface area contributed by atoms with E-state index >= 15 is 0 Å². The van der Waals surface area contributed by atoms with Crippen molar-refractivity contribution >= 4 is 15.9 Å². The molecule has 5 heteroatoms. The third kappa shape index (κ3) is 4.64. The smallest absolute Gasteiger partial charge is 0.137 e. The lowest BCUT2D eigenvalue weighted by molar-refractivity contribution is 0.551. The van der Waals surface area contributed by atoms with Crippen LogP contribution in [0.15, 0.2) is 28.9 Å². The zero-order chi connectivity index (χ0) is 15.4. The van der Waals surface area contributed by atoms with Crippen molar-refractivity contribution in [2.75, 3.05) is 6.54 Å². The zero-order valence-corrected chi connectivity index (χ0v) is 14.2. The summed E-state index contributed by atoms with van der Waals surface area (Å²) in [5, 5.41) is 7.95. The molecule has 21 heavy (non-hydrogen) atoms. The highest BCUT2D eigenvalue weighted by molar-refractivity contribution is 9.10. The highest BCUT2D eigenvalue weighted by Gasteiger charge is 2.07. The lowest BCUT2D eigenvalue weighted by Crippen LogP contribution is -2.19. The number of benzene rings is 1. The Labute approximate surface area is 133 Å². The second-order valence-electron chi connectivity index (χ2n) is 5.71. The van der Waals surface area contributed by atoms with Gasteiger partial charge in [0.1, 0.15) is 5.82 Å². The first kappa shape index (κ1) is 16.2. The van der Waals surface area contributed by atoms with Crippen LogP contribution in [0.25, 0.3) is 0 Å². The van der Waals surface area contributed by atoms with Crippen LogP contribution in [-0.4, -0.2) is 16.3 Å². The van der Waals surface area contributed by atoms with Gasteiger partial charge >= 0.3 is 0 Å². The summed E-state index contributed by atoms with van der Waals surface area (Å²) >= 11 is 3.21. The normalized spacial score (nSPS) is 11.3. The number of hydrogen-bond acceptors (Lipinski definition) is 2. The second kappa shape index (κ2) is 7.18. The van der Waals surface area contributed by atoms with Crippen molar-refractivity contribution in [3.63, 3.8) is 0 Å². The molecule has 0 radical (unpaired) electrons. The molecule has 0 aliphatic rings. The monoisotopic (exact) mass is 353 g/mol. The van der Waals surface area contributed by atoms with Gasteiger partial charge < -0.3 is 5.32 Å². The highest BCUT2D eigenvalue weighted by atomic mass is 79.9. The molecule has 0 unspecified atom stereocenters. The summed E-state index contributed by atoms with van der Waals surface area (Å²) in [5.74, 6) is 0.394. The van der Waals surface area contributed by atoms with E-state index in [9.17, 15) is 4.39 Å². The quantitative estimate of drug-likeness (QED) is 0.853. The molecule has 0 saturated carbocycles. The topological polar surface area (TPSA) is 29.9 Å². The molecule has 1 heterocycles. The van der Waals surface area contributed by atoms with Crippen LogP contribution in [0.3, 0.4) is 0 Å². The number of aryl methyl sites for hydroxylation is 1. The number of nitrogens with one attached hydrogen (secondary N) is 1. The van der Waals surface area contributed by atoms with Gasteiger partial charge in [0.05, 0.1) is 16.7 Å². The van der Waals surface area contributed by atoms with Crippen molar-refractivity contribution in [2.45, 2.75) is 33.9 Å². The van der Waals surface area contributed by atoms with Crippen molar-refractivity contribution < 1.29 is 4.39 Å². The molecule has 0 atom stereocenters. The van der Waals surface area contributed by atoms with E-state index in [2.05, 4.69) is 46.4 Å². The Morgan fingerprint density at radius 2 is 2.14 bits per heavy atom. The van der Waals surface area contributed by atoms with Gasteiger partial charge in [-0.1, -0.05) is 19.9 Å². The number of halogens is 2. The maximum atomic E-state index is 13.2. The Bertz CT molecular complexity index is 608. The van der Waals surface area contributed by atoms with Crippen LogP contribution in [0.2, 0.25) is 0 Å². The van der Waals surface area contributed by atoms with E-state index in [0.29, 0.717) is 16.9 Å². The molecule has 0 fully saturated rings. The number of rotatable bonds is 6. The Morgan fingerprint density at radius 3 is 2.81 bits per heavy atom. The Balaban J connectivity index is 2.02. The van der Waals surface area contributed by atoms with Crippen molar-refractivity contribution in [1.29, 1.82) is 0 Å². The molecule has 3 nitrogen and oxygen atoms in total. The van der Waals surface area contributed by atoms with Gasteiger partial charge in [-0.25, -0.2) is 4.39 Å². The lowest BCUT2D eigenvalue weighted by Gasteiger charge is -2.06. The molecule has 0 aliphatic carbocycles. The van der Waals surface area contributed by atoms with Gasteiger partial charge in [0.15, 0.2) is 0 Å². The SMILES string of the molecule is Cc1nn(Cc2ccc(F)c(Br)c2)cc1CNCC(C)C. The minimum Gasteiger partial charge on any atom is -0.312 e. The first-order valence-electron chi connectivity index (χ1n) is 7.13. The molecule has 0 bridgehead atoms. The summed E-state index contributed by atoms with van der Waals surface area (Å²) in [6, 6.07) is 5.05.